The number of nitrogen functional groups attached to an aromatic ring is 1. The van der Waals surface area contributed by atoms with Crippen molar-refractivity contribution >= 4 is 29.0 Å². The molecule has 1 unspecified atom stereocenters. The predicted octanol–water partition coefficient (Wildman–Crippen LogP) is 3.85. The van der Waals surface area contributed by atoms with E-state index in [0.717, 1.165) is 31.0 Å². The van der Waals surface area contributed by atoms with Crippen LogP contribution in [0.5, 0.6) is 0 Å². The summed E-state index contributed by atoms with van der Waals surface area (Å²) >= 11 is 0. The van der Waals surface area contributed by atoms with Gasteiger partial charge in [-0.25, -0.2) is 14.8 Å². The summed E-state index contributed by atoms with van der Waals surface area (Å²) in [7, 11) is 0. The first kappa shape index (κ1) is 19.9. The summed E-state index contributed by atoms with van der Waals surface area (Å²) < 4.78 is 5.25. The number of benzene rings is 1. The highest BCUT2D eigenvalue weighted by atomic mass is 16.5. The van der Waals surface area contributed by atoms with Crippen molar-refractivity contribution < 1.29 is 9.53 Å². The molecule has 7 heteroatoms. The first-order valence-electron chi connectivity index (χ1n) is 9.83. The molecule has 0 spiro atoms. The third-order valence-electron chi connectivity index (χ3n) is 4.75. The minimum atomic E-state index is -0.316. The second-order valence-corrected chi connectivity index (χ2v) is 7.85. The van der Waals surface area contributed by atoms with Gasteiger partial charge >= 0.3 is 5.97 Å². The fourth-order valence-corrected chi connectivity index (χ4v) is 3.27. The van der Waals surface area contributed by atoms with E-state index in [1.165, 1.54) is 12.7 Å². The predicted molar refractivity (Wildman–Crippen MR) is 112 cm³/mol. The number of hydrogen-bond donors (Lipinski definition) is 2. The van der Waals surface area contributed by atoms with E-state index < -0.39 is 0 Å². The number of carbonyl (C=O) groups excluding carboxylic acids is 1. The molecule has 1 atom stereocenters. The van der Waals surface area contributed by atoms with Gasteiger partial charge in [0.15, 0.2) is 11.6 Å². The highest BCUT2D eigenvalue weighted by molar-refractivity contribution is 5.90. The molecule has 1 aromatic heterocycles. The molecular formula is C21H29N5O2. The minimum absolute atomic E-state index is 0.308. The van der Waals surface area contributed by atoms with Crippen LogP contribution in [-0.2, 0) is 4.74 Å². The summed E-state index contributed by atoms with van der Waals surface area (Å²) in [5.41, 5.74) is 8.20. The van der Waals surface area contributed by atoms with E-state index in [4.69, 9.17) is 10.5 Å². The molecule has 3 rings (SSSR count). The van der Waals surface area contributed by atoms with Gasteiger partial charge in [0.05, 0.1) is 12.2 Å². The average molecular weight is 383 g/mol. The number of esters is 1. The minimum Gasteiger partial charge on any atom is -0.462 e. The van der Waals surface area contributed by atoms with Crippen LogP contribution < -0.4 is 16.0 Å². The zero-order chi connectivity index (χ0) is 20.1. The lowest BCUT2D eigenvalue weighted by atomic mass is 10.0. The molecule has 3 N–H and O–H groups in total. The monoisotopic (exact) mass is 383 g/mol. The molecule has 0 radical (unpaired) electrons. The zero-order valence-electron chi connectivity index (χ0n) is 16.8. The Bertz CT molecular complexity index is 807. The Balaban J connectivity index is 1.70. The van der Waals surface area contributed by atoms with Gasteiger partial charge in [0.25, 0.3) is 0 Å². The molecular weight excluding hydrogens is 354 g/mol. The molecule has 1 saturated heterocycles. The summed E-state index contributed by atoms with van der Waals surface area (Å²) in [5, 5.41) is 3.22. The molecule has 2 aromatic rings. The first-order valence-corrected chi connectivity index (χ1v) is 9.83. The number of rotatable bonds is 6. The van der Waals surface area contributed by atoms with Crippen molar-refractivity contribution in [3.05, 3.63) is 36.2 Å². The van der Waals surface area contributed by atoms with Gasteiger partial charge in [-0.15, -0.1) is 0 Å². The SMILES string of the molecule is CC(C)COC(=O)c1ccc(Nc2ncnc(N3CCCC(C)C3)c2N)cc1. The Morgan fingerprint density at radius 2 is 2.07 bits per heavy atom. The molecule has 0 bridgehead atoms. The molecule has 0 saturated carbocycles. The van der Waals surface area contributed by atoms with Crippen LogP contribution in [-0.4, -0.2) is 35.6 Å². The zero-order valence-corrected chi connectivity index (χ0v) is 16.8. The van der Waals surface area contributed by atoms with Crippen LogP contribution in [0.3, 0.4) is 0 Å². The Labute approximate surface area is 166 Å². The third-order valence-corrected chi connectivity index (χ3v) is 4.75. The number of piperidine rings is 1. The molecule has 28 heavy (non-hydrogen) atoms. The molecule has 150 valence electrons. The van der Waals surface area contributed by atoms with Crippen molar-refractivity contribution in [1.82, 2.24) is 9.97 Å². The fraction of sp³-hybridized carbons (Fsp3) is 0.476. The summed E-state index contributed by atoms with van der Waals surface area (Å²) in [5.74, 6) is 1.96. The number of ether oxygens (including phenoxy) is 1. The lowest BCUT2D eigenvalue weighted by molar-refractivity contribution is 0.0459. The van der Waals surface area contributed by atoms with E-state index >= 15 is 0 Å². The van der Waals surface area contributed by atoms with Crippen LogP contribution >= 0.6 is 0 Å². The molecule has 1 fully saturated rings. The number of carbonyl (C=O) groups is 1. The van der Waals surface area contributed by atoms with E-state index in [0.29, 0.717) is 35.5 Å². The van der Waals surface area contributed by atoms with Crippen LogP contribution in [0.2, 0.25) is 0 Å². The van der Waals surface area contributed by atoms with Gasteiger partial charge in [-0.2, -0.15) is 0 Å². The first-order chi connectivity index (χ1) is 13.4. The highest BCUT2D eigenvalue weighted by Gasteiger charge is 2.21. The van der Waals surface area contributed by atoms with E-state index in [2.05, 4.69) is 27.1 Å². The lowest BCUT2D eigenvalue weighted by Crippen LogP contribution is -2.35. The molecule has 1 aliphatic rings. The molecule has 0 aliphatic carbocycles. The van der Waals surface area contributed by atoms with Crippen molar-refractivity contribution in [3.63, 3.8) is 0 Å². The maximum absolute atomic E-state index is 12.0. The molecule has 2 heterocycles. The maximum Gasteiger partial charge on any atom is 0.338 e. The van der Waals surface area contributed by atoms with E-state index in [9.17, 15) is 4.79 Å². The number of nitrogens with zero attached hydrogens (tertiary/aromatic N) is 3. The van der Waals surface area contributed by atoms with E-state index in [1.54, 1.807) is 12.1 Å². The van der Waals surface area contributed by atoms with Gasteiger partial charge in [-0.1, -0.05) is 20.8 Å². The van der Waals surface area contributed by atoms with Crippen LogP contribution in [0, 0.1) is 11.8 Å². The summed E-state index contributed by atoms with van der Waals surface area (Å²) in [6, 6.07) is 7.09. The van der Waals surface area contributed by atoms with Gasteiger partial charge in [0.2, 0.25) is 0 Å². The fourth-order valence-electron chi connectivity index (χ4n) is 3.27. The molecule has 1 aliphatic heterocycles. The van der Waals surface area contributed by atoms with Crippen LogP contribution in [0.1, 0.15) is 44.0 Å². The molecule has 0 amide bonds. The van der Waals surface area contributed by atoms with Crippen LogP contribution in [0.4, 0.5) is 23.0 Å². The number of hydrogen-bond acceptors (Lipinski definition) is 7. The van der Waals surface area contributed by atoms with Crippen molar-refractivity contribution in [2.75, 3.05) is 35.6 Å². The Morgan fingerprint density at radius 3 is 2.75 bits per heavy atom. The van der Waals surface area contributed by atoms with Gasteiger partial charge in [0, 0.05) is 18.8 Å². The second-order valence-electron chi connectivity index (χ2n) is 7.85. The summed E-state index contributed by atoms with van der Waals surface area (Å²) in [6.45, 7) is 8.58. The number of nitrogens with one attached hydrogen (secondary N) is 1. The van der Waals surface area contributed by atoms with Crippen molar-refractivity contribution in [1.29, 1.82) is 0 Å². The normalized spacial score (nSPS) is 16.9. The van der Waals surface area contributed by atoms with Gasteiger partial charge in [-0.3, -0.25) is 0 Å². The van der Waals surface area contributed by atoms with E-state index in [-0.39, 0.29) is 5.97 Å². The Morgan fingerprint density at radius 1 is 1.32 bits per heavy atom. The quantitative estimate of drug-likeness (QED) is 0.732. The topological polar surface area (TPSA) is 93.4 Å². The summed E-state index contributed by atoms with van der Waals surface area (Å²) in [4.78, 5) is 22.9. The molecule has 7 nitrogen and oxygen atoms in total. The second kappa shape index (κ2) is 8.91. The van der Waals surface area contributed by atoms with Crippen molar-refractivity contribution in [3.8, 4) is 0 Å². The standard InChI is InChI=1S/C21H29N5O2/c1-14(2)12-28-21(27)16-6-8-17(9-7-16)25-19-18(22)20(24-13-23-19)26-10-4-5-15(3)11-26/h6-9,13-15H,4-5,10-12,22H2,1-3H3,(H,23,24,25). The lowest BCUT2D eigenvalue weighted by Gasteiger charge is -2.32. The Hall–Kier alpha value is -2.83. The maximum atomic E-state index is 12.0. The van der Waals surface area contributed by atoms with Crippen LogP contribution in [0.15, 0.2) is 30.6 Å². The molecule has 1 aromatic carbocycles. The number of nitrogens with two attached hydrogens (primary N) is 1. The van der Waals surface area contributed by atoms with Crippen LogP contribution in [0.25, 0.3) is 0 Å². The van der Waals surface area contributed by atoms with Gasteiger partial charge in [-0.05, 0) is 48.9 Å². The number of anilines is 4. The van der Waals surface area contributed by atoms with Crippen molar-refractivity contribution in [2.45, 2.75) is 33.6 Å². The van der Waals surface area contributed by atoms with E-state index in [1.807, 2.05) is 26.0 Å². The van der Waals surface area contributed by atoms with Gasteiger partial charge in [0.1, 0.15) is 12.0 Å². The van der Waals surface area contributed by atoms with Gasteiger partial charge < -0.3 is 20.7 Å². The Kier molecular flexibility index (Phi) is 6.34. The summed E-state index contributed by atoms with van der Waals surface area (Å²) in [6.07, 6.45) is 3.91. The largest absolute Gasteiger partial charge is 0.462 e. The number of aromatic nitrogens is 2. The average Bonchev–Trinajstić information content (AvgIpc) is 2.68. The smallest absolute Gasteiger partial charge is 0.338 e. The van der Waals surface area contributed by atoms with Crippen molar-refractivity contribution in [2.24, 2.45) is 11.8 Å². The highest BCUT2D eigenvalue weighted by Crippen LogP contribution is 2.31. The third kappa shape index (κ3) is 4.91.